The van der Waals surface area contributed by atoms with E-state index in [0.717, 1.165) is 19.6 Å². The molecule has 84 valence electrons. The Kier molecular flexibility index (Phi) is 5.40. The summed E-state index contributed by atoms with van der Waals surface area (Å²) in [6.45, 7) is 6.51. The van der Waals surface area contributed by atoms with Gasteiger partial charge in [-0.2, -0.15) is 0 Å². The largest absolute Gasteiger partial charge is 0.329 e. The van der Waals surface area contributed by atoms with E-state index in [4.69, 9.17) is 5.73 Å². The van der Waals surface area contributed by atoms with Crippen LogP contribution >= 0.6 is 0 Å². The predicted molar refractivity (Wildman–Crippen MR) is 60.5 cm³/mol. The molecule has 1 aliphatic rings. The monoisotopic (exact) mass is 200 g/mol. The van der Waals surface area contributed by atoms with Crippen LogP contribution in [-0.2, 0) is 0 Å². The van der Waals surface area contributed by atoms with Gasteiger partial charge >= 0.3 is 0 Å². The molecular formula is C10H24N4. The first-order valence-electron chi connectivity index (χ1n) is 5.53. The van der Waals surface area contributed by atoms with Crippen LogP contribution in [0.1, 0.15) is 6.42 Å². The summed E-state index contributed by atoms with van der Waals surface area (Å²) in [5.74, 6) is 0. The summed E-state index contributed by atoms with van der Waals surface area (Å²) in [5, 5.41) is 3.42. The minimum Gasteiger partial charge on any atom is -0.329 e. The Bertz CT molecular complexity index is 149. The molecule has 0 radical (unpaired) electrons. The molecule has 0 spiro atoms. The maximum Gasteiger partial charge on any atom is 0.0318 e. The third kappa shape index (κ3) is 4.37. The van der Waals surface area contributed by atoms with Gasteiger partial charge in [0.1, 0.15) is 0 Å². The Balaban J connectivity index is 2.11. The molecule has 1 heterocycles. The van der Waals surface area contributed by atoms with Crippen LogP contribution < -0.4 is 11.1 Å². The van der Waals surface area contributed by atoms with Crippen LogP contribution in [0.15, 0.2) is 0 Å². The van der Waals surface area contributed by atoms with Crippen molar-refractivity contribution < 1.29 is 0 Å². The average Bonchev–Trinajstić information content (AvgIpc) is 2.18. The molecule has 1 fully saturated rings. The Morgan fingerprint density at radius 2 is 2.29 bits per heavy atom. The molecular weight excluding hydrogens is 176 g/mol. The summed E-state index contributed by atoms with van der Waals surface area (Å²) >= 11 is 0. The lowest BCUT2D eigenvalue weighted by Crippen LogP contribution is -2.53. The van der Waals surface area contributed by atoms with Crippen molar-refractivity contribution in [2.24, 2.45) is 5.73 Å². The molecule has 14 heavy (non-hydrogen) atoms. The van der Waals surface area contributed by atoms with Crippen molar-refractivity contribution in [3.63, 3.8) is 0 Å². The second-order valence-electron chi connectivity index (χ2n) is 4.34. The summed E-state index contributed by atoms with van der Waals surface area (Å²) in [6.07, 6.45) is 1.25. The van der Waals surface area contributed by atoms with Gasteiger partial charge in [0.2, 0.25) is 0 Å². The molecule has 1 unspecified atom stereocenters. The van der Waals surface area contributed by atoms with Crippen molar-refractivity contribution in [2.45, 2.75) is 12.5 Å². The van der Waals surface area contributed by atoms with Crippen LogP contribution in [0.5, 0.6) is 0 Å². The van der Waals surface area contributed by atoms with Gasteiger partial charge in [-0.25, -0.2) is 0 Å². The van der Waals surface area contributed by atoms with Crippen LogP contribution in [-0.4, -0.2) is 69.2 Å². The fourth-order valence-corrected chi connectivity index (χ4v) is 1.87. The first-order chi connectivity index (χ1) is 6.72. The summed E-state index contributed by atoms with van der Waals surface area (Å²) in [6, 6.07) is 0.503. The number of hydrogen-bond donors (Lipinski definition) is 2. The lowest BCUT2D eigenvalue weighted by atomic mass is 10.2. The number of nitrogens with two attached hydrogens (primary N) is 1. The highest BCUT2D eigenvalue weighted by atomic mass is 15.2. The van der Waals surface area contributed by atoms with Gasteiger partial charge in [-0.3, -0.25) is 0 Å². The second kappa shape index (κ2) is 6.35. The highest BCUT2D eigenvalue weighted by Gasteiger charge is 2.16. The van der Waals surface area contributed by atoms with E-state index in [1.807, 2.05) is 0 Å². The molecule has 1 atom stereocenters. The van der Waals surface area contributed by atoms with Crippen molar-refractivity contribution >= 4 is 0 Å². The molecule has 4 heteroatoms. The molecule has 1 saturated heterocycles. The molecule has 4 nitrogen and oxygen atoms in total. The molecule has 0 saturated carbocycles. The van der Waals surface area contributed by atoms with Crippen molar-refractivity contribution in [3.8, 4) is 0 Å². The minimum absolute atomic E-state index is 0.503. The average molecular weight is 200 g/mol. The lowest BCUT2D eigenvalue weighted by molar-refractivity contribution is 0.194. The van der Waals surface area contributed by atoms with Crippen molar-refractivity contribution in [1.82, 2.24) is 15.1 Å². The smallest absolute Gasteiger partial charge is 0.0318 e. The Morgan fingerprint density at radius 3 is 2.93 bits per heavy atom. The van der Waals surface area contributed by atoms with Crippen LogP contribution in [0.3, 0.4) is 0 Å². The summed E-state index contributed by atoms with van der Waals surface area (Å²) < 4.78 is 0. The second-order valence-corrected chi connectivity index (χ2v) is 4.34. The van der Waals surface area contributed by atoms with Gasteiger partial charge in [0.25, 0.3) is 0 Å². The van der Waals surface area contributed by atoms with E-state index in [0.29, 0.717) is 6.04 Å². The number of nitrogens with zero attached hydrogens (tertiary/aromatic N) is 2. The fraction of sp³-hybridized carbons (Fsp3) is 1.00. The first kappa shape index (κ1) is 11.9. The van der Waals surface area contributed by atoms with E-state index in [2.05, 4.69) is 29.2 Å². The number of hydrogen-bond acceptors (Lipinski definition) is 4. The highest BCUT2D eigenvalue weighted by molar-refractivity contribution is 4.78. The van der Waals surface area contributed by atoms with E-state index in [1.54, 1.807) is 0 Å². The normalized spacial score (nSPS) is 24.4. The molecule has 0 aliphatic carbocycles. The summed E-state index contributed by atoms with van der Waals surface area (Å²) in [4.78, 5) is 4.75. The third-order valence-electron chi connectivity index (χ3n) is 2.70. The lowest BCUT2D eigenvalue weighted by Gasteiger charge is -2.33. The van der Waals surface area contributed by atoms with Crippen LogP contribution in [0.2, 0.25) is 0 Å². The Labute approximate surface area is 87.4 Å². The zero-order valence-electron chi connectivity index (χ0n) is 9.50. The standard InChI is InChI=1S/C10H24N4/c1-13(2)5-3-6-14-7-4-12-10(8-11)9-14/h10,12H,3-9,11H2,1-2H3. The Morgan fingerprint density at radius 1 is 1.50 bits per heavy atom. The van der Waals surface area contributed by atoms with Gasteiger partial charge in [0.05, 0.1) is 0 Å². The van der Waals surface area contributed by atoms with Crippen molar-refractivity contribution in [3.05, 3.63) is 0 Å². The van der Waals surface area contributed by atoms with E-state index in [1.165, 1.54) is 26.1 Å². The topological polar surface area (TPSA) is 44.5 Å². The van der Waals surface area contributed by atoms with Gasteiger partial charge in [0, 0.05) is 32.2 Å². The minimum atomic E-state index is 0.503. The van der Waals surface area contributed by atoms with Crippen molar-refractivity contribution in [2.75, 3.05) is 53.4 Å². The molecule has 1 rings (SSSR count). The molecule has 0 aromatic rings. The van der Waals surface area contributed by atoms with E-state index in [-0.39, 0.29) is 0 Å². The van der Waals surface area contributed by atoms with Crippen LogP contribution in [0, 0.1) is 0 Å². The van der Waals surface area contributed by atoms with Crippen molar-refractivity contribution in [1.29, 1.82) is 0 Å². The summed E-state index contributed by atoms with van der Waals surface area (Å²) in [7, 11) is 4.25. The number of nitrogens with one attached hydrogen (secondary N) is 1. The molecule has 0 amide bonds. The molecule has 3 N–H and O–H groups in total. The van der Waals surface area contributed by atoms with Crippen LogP contribution in [0.25, 0.3) is 0 Å². The number of piperazine rings is 1. The highest BCUT2D eigenvalue weighted by Crippen LogP contribution is 1.99. The maximum atomic E-state index is 5.64. The zero-order valence-corrected chi connectivity index (χ0v) is 9.50. The van der Waals surface area contributed by atoms with E-state index >= 15 is 0 Å². The van der Waals surface area contributed by atoms with Gasteiger partial charge in [-0.05, 0) is 33.6 Å². The molecule has 0 aromatic heterocycles. The van der Waals surface area contributed by atoms with Gasteiger partial charge in [0.15, 0.2) is 0 Å². The van der Waals surface area contributed by atoms with Crippen LogP contribution in [0.4, 0.5) is 0 Å². The SMILES string of the molecule is CN(C)CCCN1CCNC(CN)C1. The molecule has 0 aromatic carbocycles. The molecule has 1 aliphatic heterocycles. The quantitative estimate of drug-likeness (QED) is 0.608. The zero-order chi connectivity index (χ0) is 10.4. The Hall–Kier alpha value is -0.160. The molecule has 0 bridgehead atoms. The maximum absolute atomic E-state index is 5.64. The van der Waals surface area contributed by atoms with E-state index in [9.17, 15) is 0 Å². The van der Waals surface area contributed by atoms with Gasteiger partial charge < -0.3 is 20.9 Å². The van der Waals surface area contributed by atoms with E-state index < -0.39 is 0 Å². The third-order valence-corrected chi connectivity index (χ3v) is 2.70. The predicted octanol–water partition coefficient (Wildman–Crippen LogP) is -0.829. The number of rotatable bonds is 5. The fourth-order valence-electron chi connectivity index (χ4n) is 1.87. The van der Waals surface area contributed by atoms with Gasteiger partial charge in [-0.1, -0.05) is 0 Å². The van der Waals surface area contributed by atoms with Gasteiger partial charge in [-0.15, -0.1) is 0 Å². The first-order valence-corrected chi connectivity index (χ1v) is 5.53. The summed E-state index contributed by atoms with van der Waals surface area (Å²) in [5.41, 5.74) is 5.64.